The van der Waals surface area contributed by atoms with E-state index in [-0.39, 0.29) is 0 Å². The molecule has 1 saturated carbocycles. The number of aliphatic imine (C=N–C) groups is 1. The fraction of sp³-hybridized carbons (Fsp3) is 0.533. The number of alkyl halides is 3. The SMILES string of the molecule is FC(F)(F)c1ccc(NC2=NC3CCCCC3CS2)cc1. The molecular formula is C15H17F3N2S. The van der Waals surface area contributed by atoms with Crippen LogP contribution in [0.25, 0.3) is 0 Å². The van der Waals surface area contributed by atoms with Crippen molar-refractivity contribution >= 4 is 22.6 Å². The minimum absolute atomic E-state index is 0.386. The van der Waals surface area contributed by atoms with E-state index in [4.69, 9.17) is 4.99 Å². The fourth-order valence-corrected chi connectivity index (χ4v) is 4.02. The molecule has 0 saturated heterocycles. The van der Waals surface area contributed by atoms with Crippen LogP contribution in [0.15, 0.2) is 29.3 Å². The zero-order chi connectivity index (χ0) is 14.9. The Balaban J connectivity index is 1.68. The Bertz CT molecular complexity index is 525. The second-order valence-electron chi connectivity index (χ2n) is 5.56. The van der Waals surface area contributed by atoms with Gasteiger partial charge in [-0.05, 0) is 43.0 Å². The zero-order valence-corrected chi connectivity index (χ0v) is 12.3. The van der Waals surface area contributed by atoms with E-state index in [1.54, 1.807) is 11.8 Å². The van der Waals surface area contributed by atoms with E-state index in [2.05, 4.69) is 5.32 Å². The number of thioether (sulfide) groups is 1. The van der Waals surface area contributed by atoms with Crippen LogP contribution in [0.3, 0.4) is 0 Å². The molecule has 0 aromatic heterocycles. The average molecular weight is 314 g/mol. The summed E-state index contributed by atoms with van der Waals surface area (Å²) in [6.45, 7) is 0. The lowest BCUT2D eigenvalue weighted by Crippen LogP contribution is -2.31. The van der Waals surface area contributed by atoms with Crippen molar-refractivity contribution < 1.29 is 13.2 Å². The average Bonchev–Trinajstić information content (AvgIpc) is 2.47. The first kappa shape index (κ1) is 14.8. The molecule has 1 aromatic carbocycles. The summed E-state index contributed by atoms with van der Waals surface area (Å²) in [5.74, 6) is 1.72. The molecule has 1 aromatic rings. The molecule has 0 amide bonds. The highest BCUT2D eigenvalue weighted by molar-refractivity contribution is 8.14. The van der Waals surface area contributed by atoms with Gasteiger partial charge in [0.15, 0.2) is 5.17 Å². The van der Waals surface area contributed by atoms with Crippen molar-refractivity contribution in [2.45, 2.75) is 37.9 Å². The number of benzene rings is 1. The predicted molar refractivity (Wildman–Crippen MR) is 80.7 cm³/mol. The van der Waals surface area contributed by atoms with Crippen LogP contribution in [0.1, 0.15) is 31.2 Å². The molecule has 1 fully saturated rings. The Hall–Kier alpha value is -1.17. The lowest BCUT2D eigenvalue weighted by Gasteiger charge is -2.32. The van der Waals surface area contributed by atoms with Gasteiger partial charge in [-0.15, -0.1) is 0 Å². The third-order valence-corrected chi connectivity index (χ3v) is 5.13. The van der Waals surface area contributed by atoms with Crippen LogP contribution in [0.5, 0.6) is 0 Å². The molecule has 1 aliphatic heterocycles. The predicted octanol–water partition coefficient (Wildman–Crippen LogP) is 4.78. The van der Waals surface area contributed by atoms with Crippen molar-refractivity contribution in [3.63, 3.8) is 0 Å². The van der Waals surface area contributed by atoms with Crippen molar-refractivity contribution in [1.29, 1.82) is 0 Å². The van der Waals surface area contributed by atoms with E-state index >= 15 is 0 Å². The largest absolute Gasteiger partial charge is 0.416 e. The van der Waals surface area contributed by atoms with E-state index < -0.39 is 11.7 Å². The molecule has 2 nitrogen and oxygen atoms in total. The highest BCUT2D eigenvalue weighted by Gasteiger charge is 2.31. The van der Waals surface area contributed by atoms with Gasteiger partial charge in [0.25, 0.3) is 0 Å². The smallest absolute Gasteiger partial charge is 0.335 e. The highest BCUT2D eigenvalue weighted by atomic mass is 32.2. The maximum absolute atomic E-state index is 12.5. The molecule has 1 aliphatic carbocycles. The van der Waals surface area contributed by atoms with E-state index in [0.717, 1.165) is 29.5 Å². The molecule has 0 bridgehead atoms. The van der Waals surface area contributed by atoms with Gasteiger partial charge in [0.1, 0.15) is 0 Å². The Kier molecular flexibility index (Phi) is 4.15. The first-order valence-electron chi connectivity index (χ1n) is 7.17. The summed E-state index contributed by atoms with van der Waals surface area (Å²) in [4.78, 5) is 4.72. The number of fused-ring (bicyclic) bond motifs is 1. The van der Waals surface area contributed by atoms with Crippen molar-refractivity contribution in [3.05, 3.63) is 29.8 Å². The Labute approximate surface area is 126 Å². The third-order valence-electron chi connectivity index (χ3n) is 4.05. The number of nitrogens with one attached hydrogen (secondary N) is 1. The van der Waals surface area contributed by atoms with Gasteiger partial charge in [-0.1, -0.05) is 24.6 Å². The molecule has 21 heavy (non-hydrogen) atoms. The van der Waals surface area contributed by atoms with Gasteiger partial charge in [0.05, 0.1) is 11.6 Å². The number of hydrogen-bond donors (Lipinski definition) is 1. The van der Waals surface area contributed by atoms with Crippen LogP contribution in [-0.4, -0.2) is 17.0 Å². The normalized spacial score (nSPS) is 26.0. The van der Waals surface area contributed by atoms with Crippen molar-refractivity contribution in [2.24, 2.45) is 10.9 Å². The molecule has 2 aliphatic rings. The van der Waals surface area contributed by atoms with Gasteiger partial charge >= 0.3 is 6.18 Å². The van der Waals surface area contributed by atoms with E-state index in [1.807, 2.05) is 0 Å². The maximum Gasteiger partial charge on any atom is 0.416 e. The number of rotatable bonds is 1. The third kappa shape index (κ3) is 3.54. The van der Waals surface area contributed by atoms with Gasteiger partial charge in [-0.3, -0.25) is 4.99 Å². The van der Waals surface area contributed by atoms with Crippen LogP contribution in [0.4, 0.5) is 18.9 Å². The number of halogens is 3. The monoisotopic (exact) mass is 314 g/mol. The number of anilines is 1. The Morgan fingerprint density at radius 1 is 1.10 bits per heavy atom. The quantitative estimate of drug-likeness (QED) is 0.807. The van der Waals surface area contributed by atoms with Gasteiger partial charge in [0.2, 0.25) is 0 Å². The lowest BCUT2D eigenvalue weighted by molar-refractivity contribution is -0.137. The van der Waals surface area contributed by atoms with Crippen LogP contribution in [0.2, 0.25) is 0 Å². The standard InChI is InChI=1S/C15H17F3N2S/c16-15(17,18)11-5-7-12(8-6-11)19-14-20-13-4-2-1-3-10(13)9-21-14/h5-8,10,13H,1-4,9H2,(H,19,20). The number of nitrogens with zero attached hydrogens (tertiary/aromatic N) is 1. The molecule has 0 spiro atoms. The molecular weight excluding hydrogens is 297 g/mol. The first-order chi connectivity index (χ1) is 10.0. The summed E-state index contributed by atoms with van der Waals surface area (Å²) >= 11 is 1.67. The summed E-state index contributed by atoms with van der Waals surface area (Å²) in [6, 6.07) is 5.49. The van der Waals surface area contributed by atoms with E-state index in [9.17, 15) is 13.2 Å². The Morgan fingerprint density at radius 2 is 1.81 bits per heavy atom. The molecule has 1 heterocycles. The topological polar surface area (TPSA) is 24.4 Å². The van der Waals surface area contributed by atoms with Crippen LogP contribution >= 0.6 is 11.8 Å². The summed E-state index contributed by atoms with van der Waals surface area (Å²) in [5.41, 5.74) is 0.0298. The van der Waals surface area contributed by atoms with E-state index in [1.165, 1.54) is 31.4 Å². The zero-order valence-electron chi connectivity index (χ0n) is 11.5. The Morgan fingerprint density at radius 3 is 2.52 bits per heavy atom. The van der Waals surface area contributed by atoms with Crippen molar-refractivity contribution in [2.75, 3.05) is 11.1 Å². The maximum atomic E-state index is 12.5. The van der Waals surface area contributed by atoms with Gasteiger partial charge in [-0.25, -0.2) is 0 Å². The fourth-order valence-electron chi connectivity index (χ4n) is 2.86. The number of hydrogen-bond acceptors (Lipinski definition) is 3. The molecule has 2 unspecified atom stereocenters. The van der Waals surface area contributed by atoms with E-state index in [0.29, 0.717) is 17.6 Å². The molecule has 0 radical (unpaired) electrons. The molecule has 6 heteroatoms. The van der Waals surface area contributed by atoms with Crippen molar-refractivity contribution in [3.8, 4) is 0 Å². The molecule has 114 valence electrons. The molecule has 3 rings (SSSR count). The summed E-state index contributed by atoms with van der Waals surface area (Å²) in [6.07, 6.45) is 0.602. The van der Waals surface area contributed by atoms with Gasteiger partial charge < -0.3 is 5.32 Å². The second kappa shape index (κ2) is 5.91. The highest BCUT2D eigenvalue weighted by Crippen LogP contribution is 2.35. The second-order valence-corrected chi connectivity index (χ2v) is 6.57. The minimum atomic E-state index is -4.29. The summed E-state index contributed by atoms with van der Waals surface area (Å²) in [5, 5.41) is 3.97. The first-order valence-corrected chi connectivity index (χ1v) is 8.16. The van der Waals surface area contributed by atoms with Gasteiger partial charge in [0, 0.05) is 11.4 Å². The lowest BCUT2D eigenvalue weighted by atomic mass is 9.86. The summed E-state index contributed by atoms with van der Waals surface area (Å²) < 4.78 is 37.5. The minimum Gasteiger partial charge on any atom is -0.335 e. The van der Waals surface area contributed by atoms with Gasteiger partial charge in [-0.2, -0.15) is 13.2 Å². The van der Waals surface area contributed by atoms with Crippen LogP contribution in [-0.2, 0) is 6.18 Å². The molecule has 1 N–H and O–H groups in total. The van der Waals surface area contributed by atoms with Crippen molar-refractivity contribution in [1.82, 2.24) is 0 Å². The molecule has 2 atom stereocenters. The van der Waals surface area contributed by atoms with Crippen LogP contribution < -0.4 is 5.32 Å². The van der Waals surface area contributed by atoms with Crippen LogP contribution in [0, 0.1) is 5.92 Å². The number of amidine groups is 1. The summed E-state index contributed by atoms with van der Waals surface area (Å²) in [7, 11) is 0.